The van der Waals surface area contributed by atoms with E-state index in [1.165, 1.54) is 30.4 Å². The first-order chi connectivity index (χ1) is 8.15. The van der Waals surface area contributed by atoms with E-state index in [1.807, 2.05) is 4.90 Å². The fourth-order valence-corrected chi connectivity index (χ4v) is 2.60. The Balaban J connectivity index is 0.00000162. The largest absolute Gasteiger partial charge is 0.342 e. The number of piperidine rings is 1. The second-order valence-electron chi connectivity index (χ2n) is 5.11. The summed E-state index contributed by atoms with van der Waals surface area (Å²) in [6.45, 7) is 6.07. The fraction of sp³-hybridized carbons (Fsp3) is 0.533. The normalized spacial score (nSPS) is 15.1. The molecule has 0 radical (unpaired) electrons. The van der Waals surface area contributed by atoms with Crippen LogP contribution < -0.4 is 0 Å². The number of hydrogen-bond donors (Lipinski definition) is 0. The molecule has 0 saturated carbocycles. The van der Waals surface area contributed by atoms with Crippen LogP contribution >= 0.6 is 12.4 Å². The molecule has 0 aromatic heterocycles. The number of aryl methyl sites for hydroxylation is 2. The van der Waals surface area contributed by atoms with Crippen molar-refractivity contribution in [1.82, 2.24) is 4.90 Å². The molecule has 0 aliphatic carbocycles. The molecule has 2 rings (SSSR count). The lowest BCUT2D eigenvalue weighted by molar-refractivity contribution is -0.131. The molecule has 0 N–H and O–H groups in total. The highest BCUT2D eigenvalue weighted by Gasteiger charge is 2.16. The third-order valence-electron chi connectivity index (χ3n) is 3.35. The number of carbonyl (C=O) groups is 1. The highest BCUT2D eigenvalue weighted by atomic mass is 35.5. The topological polar surface area (TPSA) is 20.3 Å². The maximum Gasteiger partial charge on any atom is 0.226 e. The van der Waals surface area contributed by atoms with Crippen molar-refractivity contribution < 1.29 is 4.79 Å². The molecule has 100 valence electrons. The van der Waals surface area contributed by atoms with Crippen LogP contribution in [0.5, 0.6) is 0 Å². The number of hydrogen-bond acceptors (Lipinski definition) is 1. The van der Waals surface area contributed by atoms with Gasteiger partial charge in [-0.1, -0.05) is 29.3 Å². The first kappa shape index (κ1) is 15.0. The number of amides is 1. The zero-order valence-electron chi connectivity index (χ0n) is 11.2. The fourth-order valence-electron chi connectivity index (χ4n) is 2.60. The van der Waals surface area contributed by atoms with Crippen LogP contribution in [0.3, 0.4) is 0 Å². The van der Waals surface area contributed by atoms with Crippen LogP contribution in [0.15, 0.2) is 18.2 Å². The molecule has 1 amide bonds. The van der Waals surface area contributed by atoms with E-state index in [2.05, 4.69) is 32.0 Å². The van der Waals surface area contributed by atoms with E-state index in [4.69, 9.17) is 0 Å². The van der Waals surface area contributed by atoms with Gasteiger partial charge in [-0.2, -0.15) is 0 Å². The third-order valence-corrected chi connectivity index (χ3v) is 3.35. The molecule has 1 aliphatic rings. The van der Waals surface area contributed by atoms with Crippen molar-refractivity contribution in [2.75, 3.05) is 13.1 Å². The molecule has 1 saturated heterocycles. The zero-order chi connectivity index (χ0) is 12.3. The molecule has 1 fully saturated rings. The van der Waals surface area contributed by atoms with Gasteiger partial charge in [-0.25, -0.2) is 0 Å². The minimum absolute atomic E-state index is 0. The first-order valence-electron chi connectivity index (χ1n) is 6.50. The van der Waals surface area contributed by atoms with Crippen molar-refractivity contribution in [1.29, 1.82) is 0 Å². The van der Waals surface area contributed by atoms with Gasteiger partial charge in [0.25, 0.3) is 0 Å². The van der Waals surface area contributed by atoms with Gasteiger partial charge >= 0.3 is 0 Å². The monoisotopic (exact) mass is 267 g/mol. The van der Waals surface area contributed by atoms with Crippen LogP contribution in [-0.4, -0.2) is 23.9 Å². The maximum atomic E-state index is 12.1. The molecule has 0 unspecified atom stereocenters. The molecule has 0 spiro atoms. The molecule has 0 bridgehead atoms. The predicted octanol–water partition coefficient (Wildman–Crippen LogP) is 3.28. The van der Waals surface area contributed by atoms with Gasteiger partial charge in [0, 0.05) is 13.1 Å². The molecular formula is C15H22ClNO. The van der Waals surface area contributed by atoms with Gasteiger partial charge in [-0.05, 0) is 38.7 Å². The summed E-state index contributed by atoms with van der Waals surface area (Å²) in [7, 11) is 0. The zero-order valence-corrected chi connectivity index (χ0v) is 12.1. The Morgan fingerprint density at radius 1 is 1.06 bits per heavy atom. The van der Waals surface area contributed by atoms with E-state index in [0.717, 1.165) is 18.7 Å². The Morgan fingerprint density at radius 2 is 1.61 bits per heavy atom. The summed E-state index contributed by atoms with van der Waals surface area (Å²) in [6, 6.07) is 6.39. The van der Waals surface area contributed by atoms with Gasteiger partial charge in [0.05, 0.1) is 6.42 Å². The average molecular weight is 268 g/mol. The molecule has 18 heavy (non-hydrogen) atoms. The minimum atomic E-state index is 0. The standard InChI is InChI=1S/C15H21NO.ClH/c1-12-8-13(2)10-14(9-12)11-15(17)16-6-4-3-5-7-16;/h8-10H,3-7,11H2,1-2H3;1H. The van der Waals surface area contributed by atoms with E-state index in [-0.39, 0.29) is 18.3 Å². The van der Waals surface area contributed by atoms with E-state index >= 15 is 0 Å². The lowest BCUT2D eigenvalue weighted by Crippen LogP contribution is -2.36. The van der Waals surface area contributed by atoms with Crippen molar-refractivity contribution >= 4 is 18.3 Å². The lowest BCUT2D eigenvalue weighted by atomic mass is 10.0. The summed E-state index contributed by atoms with van der Waals surface area (Å²) in [5.74, 6) is 0.287. The maximum absolute atomic E-state index is 12.1. The Morgan fingerprint density at radius 3 is 2.17 bits per heavy atom. The van der Waals surface area contributed by atoms with Crippen LogP contribution in [0.1, 0.15) is 36.0 Å². The summed E-state index contributed by atoms with van der Waals surface area (Å²) < 4.78 is 0. The third kappa shape index (κ3) is 4.02. The van der Waals surface area contributed by atoms with E-state index < -0.39 is 0 Å². The van der Waals surface area contributed by atoms with Crippen LogP contribution in [-0.2, 0) is 11.2 Å². The van der Waals surface area contributed by atoms with E-state index in [1.54, 1.807) is 0 Å². The number of halogens is 1. The van der Waals surface area contributed by atoms with Crippen LogP contribution in [0.4, 0.5) is 0 Å². The summed E-state index contributed by atoms with van der Waals surface area (Å²) in [4.78, 5) is 14.1. The number of rotatable bonds is 2. The summed E-state index contributed by atoms with van der Waals surface area (Å²) in [6.07, 6.45) is 4.16. The summed E-state index contributed by atoms with van der Waals surface area (Å²) in [5, 5.41) is 0. The van der Waals surface area contributed by atoms with Crippen LogP contribution in [0.25, 0.3) is 0 Å². The number of nitrogens with zero attached hydrogens (tertiary/aromatic N) is 1. The molecule has 1 heterocycles. The van der Waals surface area contributed by atoms with Gasteiger partial charge in [0.2, 0.25) is 5.91 Å². The van der Waals surface area contributed by atoms with E-state index in [0.29, 0.717) is 6.42 Å². The molecule has 0 atom stereocenters. The Bertz CT molecular complexity index is 391. The molecule has 2 nitrogen and oxygen atoms in total. The first-order valence-corrected chi connectivity index (χ1v) is 6.50. The molecule has 1 aliphatic heterocycles. The molecule has 1 aromatic carbocycles. The predicted molar refractivity (Wildman–Crippen MR) is 77.3 cm³/mol. The summed E-state index contributed by atoms with van der Waals surface area (Å²) in [5.41, 5.74) is 3.64. The second-order valence-corrected chi connectivity index (χ2v) is 5.11. The lowest BCUT2D eigenvalue weighted by Gasteiger charge is -2.26. The smallest absolute Gasteiger partial charge is 0.226 e. The average Bonchev–Trinajstić information content (AvgIpc) is 2.28. The van der Waals surface area contributed by atoms with Gasteiger partial charge < -0.3 is 4.90 Å². The van der Waals surface area contributed by atoms with Gasteiger partial charge in [0.15, 0.2) is 0 Å². The Hall–Kier alpha value is -1.02. The van der Waals surface area contributed by atoms with Crippen molar-refractivity contribution in [3.05, 3.63) is 34.9 Å². The number of carbonyl (C=O) groups excluding carboxylic acids is 1. The van der Waals surface area contributed by atoms with Crippen molar-refractivity contribution in [3.63, 3.8) is 0 Å². The summed E-state index contributed by atoms with van der Waals surface area (Å²) >= 11 is 0. The van der Waals surface area contributed by atoms with Gasteiger partial charge in [-0.15, -0.1) is 12.4 Å². The molecular weight excluding hydrogens is 246 g/mol. The van der Waals surface area contributed by atoms with Gasteiger partial charge in [-0.3, -0.25) is 4.79 Å². The molecule has 3 heteroatoms. The Kier molecular flexibility index (Phi) is 5.67. The highest BCUT2D eigenvalue weighted by Crippen LogP contribution is 2.13. The SMILES string of the molecule is Cc1cc(C)cc(CC(=O)N2CCCCC2)c1.Cl. The second kappa shape index (κ2) is 6.79. The Labute approximate surface area is 116 Å². The van der Waals surface area contributed by atoms with Crippen molar-refractivity contribution in [3.8, 4) is 0 Å². The minimum Gasteiger partial charge on any atom is -0.342 e. The number of likely N-dealkylation sites (tertiary alicyclic amines) is 1. The van der Waals surface area contributed by atoms with Crippen molar-refractivity contribution in [2.45, 2.75) is 39.5 Å². The van der Waals surface area contributed by atoms with Crippen LogP contribution in [0.2, 0.25) is 0 Å². The quantitative estimate of drug-likeness (QED) is 0.805. The molecule has 1 aromatic rings. The van der Waals surface area contributed by atoms with Gasteiger partial charge in [0.1, 0.15) is 0 Å². The van der Waals surface area contributed by atoms with Crippen molar-refractivity contribution in [2.24, 2.45) is 0 Å². The van der Waals surface area contributed by atoms with E-state index in [9.17, 15) is 4.79 Å². The number of benzene rings is 1. The highest BCUT2D eigenvalue weighted by molar-refractivity contribution is 5.85. The van der Waals surface area contributed by atoms with Crippen LogP contribution in [0, 0.1) is 13.8 Å².